The molecular weight excluding hydrogens is 236 g/mol. The van der Waals surface area contributed by atoms with Gasteiger partial charge in [0.2, 0.25) is 0 Å². The molecule has 102 valence electrons. The first kappa shape index (κ1) is 12.7. The zero-order valence-corrected chi connectivity index (χ0v) is 11.4. The number of hydrogen-bond donors (Lipinski definition) is 1. The van der Waals surface area contributed by atoms with Crippen LogP contribution in [-0.4, -0.2) is 32.0 Å². The number of hydrogen-bond acceptors (Lipinski definition) is 3. The van der Waals surface area contributed by atoms with Crippen LogP contribution in [0.2, 0.25) is 0 Å². The van der Waals surface area contributed by atoms with Crippen LogP contribution in [0.3, 0.4) is 0 Å². The first-order valence-electron chi connectivity index (χ1n) is 7.41. The van der Waals surface area contributed by atoms with Gasteiger partial charge in [0.15, 0.2) is 5.78 Å². The second kappa shape index (κ2) is 5.74. The summed E-state index contributed by atoms with van der Waals surface area (Å²) in [5, 5.41) is 3.38. The Bertz CT molecular complexity index is 450. The van der Waals surface area contributed by atoms with Crippen LogP contribution in [0.1, 0.15) is 24.8 Å². The van der Waals surface area contributed by atoms with Crippen molar-refractivity contribution in [2.75, 3.05) is 31.1 Å². The average Bonchev–Trinajstić information content (AvgIpc) is 2.66. The summed E-state index contributed by atoms with van der Waals surface area (Å²) in [6.45, 7) is 3.51. The molecule has 2 aliphatic rings. The van der Waals surface area contributed by atoms with E-state index in [1.54, 1.807) is 0 Å². The van der Waals surface area contributed by atoms with Crippen molar-refractivity contribution >= 4 is 11.5 Å². The van der Waals surface area contributed by atoms with Crippen LogP contribution in [0, 0.1) is 5.92 Å². The number of benzene rings is 1. The average molecular weight is 258 g/mol. The van der Waals surface area contributed by atoms with Gasteiger partial charge in [-0.1, -0.05) is 24.6 Å². The van der Waals surface area contributed by atoms with E-state index in [2.05, 4.69) is 34.5 Å². The fourth-order valence-corrected chi connectivity index (χ4v) is 3.18. The maximum absolute atomic E-state index is 12.4. The summed E-state index contributed by atoms with van der Waals surface area (Å²) >= 11 is 0. The van der Waals surface area contributed by atoms with Gasteiger partial charge < -0.3 is 10.2 Å². The SMILES string of the molecule is O=C(CN1CCc2ccccc21)C1CCCCNC1. The number of rotatable bonds is 3. The fourth-order valence-electron chi connectivity index (χ4n) is 3.18. The number of carbonyl (C=O) groups is 1. The molecule has 1 unspecified atom stereocenters. The van der Waals surface area contributed by atoms with E-state index in [4.69, 9.17) is 0 Å². The second-order valence-electron chi connectivity index (χ2n) is 5.66. The minimum Gasteiger partial charge on any atom is -0.364 e. The summed E-state index contributed by atoms with van der Waals surface area (Å²) in [7, 11) is 0. The predicted molar refractivity (Wildman–Crippen MR) is 77.6 cm³/mol. The van der Waals surface area contributed by atoms with Crippen molar-refractivity contribution in [1.29, 1.82) is 0 Å². The van der Waals surface area contributed by atoms with E-state index in [-0.39, 0.29) is 5.92 Å². The van der Waals surface area contributed by atoms with Crippen LogP contribution in [-0.2, 0) is 11.2 Å². The lowest BCUT2D eigenvalue weighted by Crippen LogP contribution is -2.35. The van der Waals surface area contributed by atoms with Crippen LogP contribution in [0.4, 0.5) is 5.69 Å². The van der Waals surface area contributed by atoms with Gasteiger partial charge in [0.25, 0.3) is 0 Å². The molecular formula is C16H22N2O. The first-order valence-corrected chi connectivity index (χ1v) is 7.41. The number of Topliss-reactive ketones (excluding diaryl/α,β-unsaturated/α-hetero) is 1. The summed E-state index contributed by atoms with van der Waals surface area (Å²) in [4.78, 5) is 14.7. The predicted octanol–water partition coefficient (Wildman–Crippen LogP) is 2.01. The minimum absolute atomic E-state index is 0.218. The van der Waals surface area contributed by atoms with E-state index in [1.165, 1.54) is 24.1 Å². The Labute approximate surface area is 115 Å². The van der Waals surface area contributed by atoms with Crippen molar-refractivity contribution in [3.05, 3.63) is 29.8 Å². The lowest BCUT2D eigenvalue weighted by atomic mass is 9.98. The Morgan fingerprint density at radius 3 is 3.16 bits per heavy atom. The number of nitrogens with zero attached hydrogens (tertiary/aromatic N) is 1. The number of ketones is 1. The highest BCUT2D eigenvalue weighted by atomic mass is 16.1. The topological polar surface area (TPSA) is 32.3 Å². The molecule has 3 nitrogen and oxygen atoms in total. The molecule has 3 heteroatoms. The third-order valence-electron chi connectivity index (χ3n) is 4.33. The Morgan fingerprint density at radius 1 is 1.32 bits per heavy atom. The van der Waals surface area contributed by atoms with Crippen molar-refractivity contribution in [2.45, 2.75) is 25.7 Å². The Morgan fingerprint density at radius 2 is 2.21 bits per heavy atom. The molecule has 1 fully saturated rings. The van der Waals surface area contributed by atoms with Gasteiger partial charge in [-0.3, -0.25) is 4.79 Å². The number of carbonyl (C=O) groups excluding carboxylic acids is 1. The highest BCUT2D eigenvalue weighted by Crippen LogP contribution is 2.27. The van der Waals surface area contributed by atoms with Crippen LogP contribution < -0.4 is 10.2 Å². The summed E-state index contributed by atoms with van der Waals surface area (Å²) < 4.78 is 0. The lowest BCUT2D eigenvalue weighted by Gasteiger charge is -2.21. The second-order valence-corrected chi connectivity index (χ2v) is 5.66. The van der Waals surface area contributed by atoms with Gasteiger partial charge in [-0.15, -0.1) is 0 Å². The van der Waals surface area contributed by atoms with Gasteiger partial charge in [0.1, 0.15) is 0 Å². The molecule has 1 aromatic rings. The van der Waals surface area contributed by atoms with Crippen molar-refractivity contribution < 1.29 is 4.79 Å². The normalized spacial score (nSPS) is 22.9. The first-order chi connectivity index (χ1) is 9.34. The van der Waals surface area contributed by atoms with Crippen LogP contribution in [0.5, 0.6) is 0 Å². The Kier molecular flexibility index (Phi) is 3.83. The van der Waals surface area contributed by atoms with Gasteiger partial charge in [0.05, 0.1) is 6.54 Å². The van der Waals surface area contributed by atoms with Crippen molar-refractivity contribution in [1.82, 2.24) is 5.32 Å². The van der Waals surface area contributed by atoms with E-state index in [1.807, 2.05) is 0 Å². The monoisotopic (exact) mass is 258 g/mol. The molecule has 0 bridgehead atoms. The van der Waals surface area contributed by atoms with Gasteiger partial charge in [-0.05, 0) is 37.4 Å². The number of fused-ring (bicyclic) bond motifs is 1. The molecule has 0 radical (unpaired) electrons. The Balaban J connectivity index is 1.64. The molecule has 19 heavy (non-hydrogen) atoms. The largest absolute Gasteiger partial charge is 0.364 e. The molecule has 1 N–H and O–H groups in total. The summed E-state index contributed by atoms with van der Waals surface area (Å²) in [6.07, 6.45) is 4.52. The molecule has 1 saturated heterocycles. The lowest BCUT2D eigenvalue weighted by molar-refractivity contribution is -0.121. The van der Waals surface area contributed by atoms with Crippen LogP contribution in [0.25, 0.3) is 0 Å². The quantitative estimate of drug-likeness (QED) is 0.900. The smallest absolute Gasteiger partial charge is 0.156 e. The summed E-state index contributed by atoms with van der Waals surface area (Å²) in [6, 6.07) is 8.46. The number of para-hydroxylation sites is 1. The van der Waals surface area contributed by atoms with E-state index < -0.39 is 0 Å². The third kappa shape index (κ3) is 2.81. The van der Waals surface area contributed by atoms with Gasteiger partial charge in [-0.2, -0.15) is 0 Å². The van der Waals surface area contributed by atoms with E-state index in [9.17, 15) is 4.79 Å². The van der Waals surface area contributed by atoms with E-state index >= 15 is 0 Å². The van der Waals surface area contributed by atoms with Gasteiger partial charge >= 0.3 is 0 Å². The van der Waals surface area contributed by atoms with Crippen molar-refractivity contribution in [3.8, 4) is 0 Å². The molecule has 2 heterocycles. The molecule has 2 aliphatic heterocycles. The zero-order chi connectivity index (χ0) is 13.1. The molecule has 1 aromatic carbocycles. The zero-order valence-electron chi connectivity index (χ0n) is 11.4. The standard InChI is InChI=1S/C16H22N2O/c19-16(14-6-3-4-9-17-11-14)12-18-10-8-13-5-1-2-7-15(13)18/h1-2,5,7,14,17H,3-4,6,8-12H2. The highest BCUT2D eigenvalue weighted by Gasteiger charge is 2.25. The Hall–Kier alpha value is -1.35. The number of nitrogens with one attached hydrogen (secondary N) is 1. The van der Waals surface area contributed by atoms with Gasteiger partial charge in [0, 0.05) is 24.7 Å². The van der Waals surface area contributed by atoms with E-state index in [0.717, 1.165) is 32.5 Å². The maximum Gasteiger partial charge on any atom is 0.156 e. The molecule has 3 rings (SSSR count). The van der Waals surface area contributed by atoms with Crippen molar-refractivity contribution in [2.24, 2.45) is 5.92 Å². The molecule has 0 spiro atoms. The van der Waals surface area contributed by atoms with Crippen molar-refractivity contribution in [3.63, 3.8) is 0 Å². The van der Waals surface area contributed by atoms with Crippen LogP contribution >= 0.6 is 0 Å². The molecule has 0 amide bonds. The third-order valence-corrected chi connectivity index (χ3v) is 4.33. The summed E-state index contributed by atoms with van der Waals surface area (Å²) in [5.74, 6) is 0.626. The number of anilines is 1. The minimum atomic E-state index is 0.218. The molecule has 0 saturated carbocycles. The van der Waals surface area contributed by atoms with Crippen LogP contribution in [0.15, 0.2) is 24.3 Å². The molecule has 0 aromatic heterocycles. The fraction of sp³-hybridized carbons (Fsp3) is 0.562. The molecule has 1 atom stereocenters. The van der Waals surface area contributed by atoms with Gasteiger partial charge in [-0.25, -0.2) is 0 Å². The molecule has 0 aliphatic carbocycles. The summed E-state index contributed by atoms with van der Waals surface area (Å²) in [5.41, 5.74) is 2.65. The maximum atomic E-state index is 12.4. The van der Waals surface area contributed by atoms with E-state index in [0.29, 0.717) is 12.3 Å². The highest BCUT2D eigenvalue weighted by molar-refractivity contribution is 5.86.